The van der Waals surface area contributed by atoms with Crippen molar-refractivity contribution >= 4 is 39.9 Å². The first-order valence-corrected chi connectivity index (χ1v) is 10.6. The largest absolute Gasteiger partial charge is 0.508 e. The minimum Gasteiger partial charge on any atom is -0.508 e. The number of phenols is 1. The fourth-order valence-electron chi connectivity index (χ4n) is 4.19. The topological polar surface area (TPSA) is 91.0 Å². The van der Waals surface area contributed by atoms with Crippen molar-refractivity contribution in [3.8, 4) is 5.75 Å². The normalized spacial score (nSPS) is 16.1. The molecule has 3 aromatic carbocycles. The Morgan fingerprint density at radius 1 is 1.00 bits per heavy atom. The number of rotatable bonds is 4. The van der Waals surface area contributed by atoms with Crippen molar-refractivity contribution in [2.75, 3.05) is 4.90 Å². The highest BCUT2D eigenvalue weighted by atomic mass is 35.5. The van der Waals surface area contributed by atoms with E-state index in [2.05, 4.69) is 0 Å². The second-order valence-electron chi connectivity index (χ2n) is 7.84. The minimum absolute atomic E-state index is 0.0266. The van der Waals surface area contributed by atoms with Crippen LogP contribution in [-0.4, -0.2) is 21.9 Å². The van der Waals surface area contributed by atoms with Gasteiger partial charge in [-0.1, -0.05) is 41.9 Å². The Morgan fingerprint density at radius 3 is 2.55 bits per heavy atom. The van der Waals surface area contributed by atoms with Crippen molar-refractivity contribution in [3.05, 3.63) is 106 Å². The summed E-state index contributed by atoms with van der Waals surface area (Å²) in [6, 6.07) is 19.0. The zero-order chi connectivity index (χ0) is 23.3. The number of aliphatic hydroxyl groups excluding tert-OH is 1. The Labute approximate surface area is 193 Å². The van der Waals surface area contributed by atoms with Crippen LogP contribution in [0, 0.1) is 6.92 Å². The molecule has 0 bridgehead atoms. The highest BCUT2D eigenvalue weighted by molar-refractivity contribution is 6.31. The second kappa shape index (κ2) is 7.83. The van der Waals surface area contributed by atoms with E-state index in [0.29, 0.717) is 27.2 Å². The number of Topliss-reactive ketones (excluding diaryl/α,β-unsaturated/α-hetero) is 1. The van der Waals surface area contributed by atoms with E-state index in [9.17, 15) is 19.8 Å². The number of para-hydroxylation sites is 1. The lowest BCUT2D eigenvalue weighted by Gasteiger charge is -2.28. The summed E-state index contributed by atoms with van der Waals surface area (Å²) in [5.74, 6) is -2.05. The van der Waals surface area contributed by atoms with Gasteiger partial charge < -0.3 is 14.6 Å². The van der Waals surface area contributed by atoms with Gasteiger partial charge in [0, 0.05) is 16.1 Å². The molecule has 1 aliphatic heterocycles. The van der Waals surface area contributed by atoms with E-state index >= 15 is 0 Å². The van der Waals surface area contributed by atoms with Crippen molar-refractivity contribution in [1.29, 1.82) is 0 Å². The molecule has 7 heteroatoms. The second-order valence-corrected chi connectivity index (χ2v) is 8.28. The lowest BCUT2D eigenvalue weighted by molar-refractivity contribution is -0.117. The molecule has 1 amide bonds. The molecule has 1 atom stereocenters. The number of furan rings is 1. The Kier molecular flexibility index (Phi) is 4.95. The molecule has 2 heterocycles. The number of fused-ring (bicyclic) bond motifs is 1. The zero-order valence-electron chi connectivity index (χ0n) is 17.4. The smallest absolute Gasteiger partial charge is 0.294 e. The van der Waals surface area contributed by atoms with Crippen molar-refractivity contribution in [2.24, 2.45) is 0 Å². The summed E-state index contributed by atoms with van der Waals surface area (Å²) >= 11 is 6.05. The number of nitrogens with zero attached hydrogens (tertiary/aromatic N) is 1. The fraction of sp³-hybridized carbons (Fsp3) is 0.0769. The number of aromatic hydroxyl groups is 1. The third-order valence-corrected chi connectivity index (χ3v) is 5.95. The van der Waals surface area contributed by atoms with Gasteiger partial charge in [0.15, 0.2) is 11.5 Å². The molecule has 0 aliphatic carbocycles. The predicted molar refractivity (Wildman–Crippen MR) is 125 cm³/mol. The van der Waals surface area contributed by atoms with Crippen LogP contribution in [0.1, 0.15) is 27.7 Å². The summed E-state index contributed by atoms with van der Waals surface area (Å²) < 4.78 is 5.72. The predicted octanol–water partition coefficient (Wildman–Crippen LogP) is 5.88. The van der Waals surface area contributed by atoms with E-state index < -0.39 is 23.5 Å². The van der Waals surface area contributed by atoms with Gasteiger partial charge in [-0.05, 0) is 60.5 Å². The van der Waals surface area contributed by atoms with Gasteiger partial charge >= 0.3 is 0 Å². The van der Waals surface area contributed by atoms with Crippen LogP contribution in [0.3, 0.4) is 0 Å². The third-order valence-electron chi connectivity index (χ3n) is 5.72. The molecule has 1 aliphatic rings. The molecule has 5 rings (SSSR count). The first-order chi connectivity index (χ1) is 15.8. The number of carbonyl (C=O) groups is 2. The number of aryl methyl sites for hydroxylation is 1. The molecule has 0 radical (unpaired) electrons. The van der Waals surface area contributed by atoms with E-state index in [1.54, 1.807) is 42.5 Å². The molecule has 0 spiro atoms. The lowest BCUT2D eigenvalue weighted by atomic mass is 9.94. The maximum Gasteiger partial charge on any atom is 0.294 e. The Balaban J connectivity index is 1.68. The van der Waals surface area contributed by atoms with Gasteiger partial charge in [-0.3, -0.25) is 14.5 Å². The van der Waals surface area contributed by atoms with Crippen molar-refractivity contribution in [2.45, 2.75) is 13.0 Å². The van der Waals surface area contributed by atoms with Crippen LogP contribution in [0.15, 0.2) is 88.5 Å². The van der Waals surface area contributed by atoms with E-state index in [1.807, 2.05) is 19.1 Å². The molecule has 0 fully saturated rings. The third kappa shape index (κ3) is 3.45. The number of hydrogen-bond donors (Lipinski definition) is 2. The number of hydrogen-bond acceptors (Lipinski definition) is 5. The van der Waals surface area contributed by atoms with Crippen molar-refractivity contribution in [3.63, 3.8) is 0 Å². The van der Waals surface area contributed by atoms with Crippen LogP contribution in [-0.2, 0) is 4.79 Å². The van der Waals surface area contributed by atoms with Gasteiger partial charge in [-0.15, -0.1) is 0 Å². The monoisotopic (exact) mass is 459 g/mol. The summed E-state index contributed by atoms with van der Waals surface area (Å²) in [4.78, 5) is 28.2. The van der Waals surface area contributed by atoms with Crippen molar-refractivity contribution < 1.29 is 24.2 Å². The number of halogens is 1. The van der Waals surface area contributed by atoms with Crippen LogP contribution >= 0.6 is 11.6 Å². The van der Waals surface area contributed by atoms with Gasteiger partial charge in [0.1, 0.15) is 11.3 Å². The maximum atomic E-state index is 13.6. The number of phenolic OH excluding ortho intramolecular Hbond substituents is 1. The van der Waals surface area contributed by atoms with Crippen LogP contribution in [0.5, 0.6) is 5.75 Å². The number of anilines is 1. The molecular formula is C26H18ClNO5. The standard InChI is InChI=1S/C26H18ClNO5/c1-14-5-2-3-8-19(14)28-23(15-6-4-7-18(29)12-15)22(25(31)26(28)32)24(30)21-13-16-11-17(27)9-10-20(16)33-21/h2-13,23,29,31H,1H3. The minimum atomic E-state index is -0.963. The molecule has 6 nitrogen and oxygen atoms in total. The summed E-state index contributed by atoms with van der Waals surface area (Å²) in [5.41, 5.74) is 2.13. The number of carbonyl (C=O) groups excluding carboxylic acids is 2. The molecule has 164 valence electrons. The molecule has 2 N–H and O–H groups in total. The molecule has 1 aromatic heterocycles. The number of ketones is 1. The van der Waals surface area contributed by atoms with Crippen LogP contribution < -0.4 is 4.90 Å². The van der Waals surface area contributed by atoms with Crippen LogP contribution in [0.2, 0.25) is 5.02 Å². The number of benzene rings is 3. The fourth-order valence-corrected chi connectivity index (χ4v) is 4.37. The van der Waals surface area contributed by atoms with Crippen LogP contribution in [0.4, 0.5) is 5.69 Å². The average molecular weight is 460 g/mol. The van der Waals surface area contributed by atoms with Gasteiger partial charge in [0.2, 0.25) is 5.78 Å². The van der Waals surface area contributed by atoms with E-state index in [-0.39, 0.29) is 17.1 Å². The van der Waals surface area contributed by atoms with Crippen molar-refractivity contribution in [1.82, 2.24) is 0 Å². The van der Waals surface area contributed by atoms with E-state index in [0.717, 1.165) is 5.56 Å². The zero-order valence-corrected chi connectivity index (χ0v) is 18.2. The van der Waals surface area contributed by atoms with E-state index in [1.165, 1.54) is 23.1 Å². The SMILES string of the molecule is Cc1ccccc1N1C(=O)C(O)=C(C(=O)c2cc3cc(Cl)ccc3o2)C1c1cccc(O)c1. The highest BCUT2D eigenvalue weighted by Crippen LogP contribution is 2.43. The van der Waals surface area contributed by atoms with Crippen LogP contribution in [0.25, 0.3) is 11.0 Å². The quantitative estimate of drug-likeness (QED) is 0.372. The molecule has 0 saturated carbocycles. The Morgan fingerprint density at radius 2 is 1.79 bits per heavy atom. The van der Waals surface area contributed by atoms with Gasteiger partial charge in [-0.25, -0.2) is 0 Å². The Hall–Kier alpha value is -4.03. The maximum absolute atomic E-state index is 13.6. The summed E-state index contributed by atoms with van der Waals surface area (Å²) in [6.45, 7) is 1.84. The molecule has 33 heavy (non-hydrogen) atoms. The lowest BCUT2D eigenvalue weighted by Crippen LogP contribution is -2.31. The van der Waals surface area contributed by atoms with E-state index in [4.69, 9.17) is 16.0 Å². The molecular weight excluding hydrogens is 442 g/mol. The highest BCUT2D eigenvalue weighted by Gasteiger charge is 2.45. The Bertz CT molecular complexity index is 1470. The summed E-state index contributed by atoms with van der Waals surface area (Å²) in [5, 5.41) is 22.1. The van der Waals surface area contributed by atoms with Gasteiger partial charge in [-0.2, -0.15) is 0 Å². The number of amides is 1. The average Bonchev–Trinajstić information content (AvgIpc) is 3.32. The molecule has 0 saturated heterocycles. The van der Waals surface area contributed by atoms with Gasteiger partial charge in [0.05, 0.1) is 11.6 Å². The first kappa shape index (κ1) is 20.8. The summed E-state index contributed by atoms with van der Waals surface area (Å²) in [7, 11) is 0. The molecule has 1 unspecified atom stereocenters. The molecule has 4 aromatic rings. The van der Waals surface area contributed by atoms with Gasteiger partial charge in [0.25, 0.3) is 5.91 Å². The first-order valence-electron chi connectivity index (χ1n) is 10.2. The summed E-state index contributed by atoms with van der Waals surface area (Å²) in [6.07, 6.45) is 0. The number of aliphatic hydroxyl groups is 1.